The zero-order valence-corrected chi connectivity index (χ0v) is 9.41. The molecule has 0 unspecified atom stereocenters. The van der Waals surface area contributed by atoms with Gasteiger partial charge in [0, 0.05) is 42.6 Å². The zero-order valence-electron chi connectivity index (χ0n) is 9.41. The SMILES string of the molecule is CC#CC#CC#CC#CC#CC#CNC(C)=O. The van der Waals surface area contributed by atoms with Crippen LogP contribution in [0.15, 0.2) is 0 Å². The van der Waals surface area contributed by atoms with Crippen LogP contribution < -0.4 is 5.32 Å². The van der Waals surface area contributed by atoms with Gasteiger partial charge in [0.2, 0.25) is 5.91 Å². The second-order valence-electron chi connectivity index (χ2n) is 2.31. The number of rotatable bonds is 0. The highest BCUT2D eigenvalue weighted by Gasteiger charge is 1.78. The lowest BCUT2D eigenvalue weighted by atomic mass is 10.5. The first-order valence-electron chi connectivity index (χ1n) is 4.45. The Bertz CT molecular complexity index is 645. The third kappa shape index (κ3) is 12.8. The Morgan fingerprint density at radius 3 is 1.59 bits per heavy atom. The number of hydrogen-bond acceptors (Lipinski definition) is 1. The second-order valence-corrected chi connectivity index (χ2v) is 2.31. The molecule has 0 atom stereocenters. The van der Waals surface area contributed by atoms with E-state index < -0.39 is 0 Å². The molecule has 0 aromatic carbocycles. The second kappa shape index (κ2) is 10.9. The Kier molecular flexibility index (Phi) is 8.87. The highest BCUT2D eigenvalue weighted by atomic mass is 16.1. The van der Waals surface area contributed by atoms with Crippen LogP contribution in [0.2, 0.25) is 0 Å². The summed E-state index contributed by atoms with van der Waals surface area (Å²) >= 11 is 0. The maximum absolute atomic E-state index is 10.4. The minimum Gasteiger partial charge on any atom is -0.285 e. The average molecular weight is 217 g/mol. The van der Waals surface area contributed by atoms with Gasteiger partial charge in [0.05, 0.1) is 0 Å². The largest absolute Gasteiger partial charge is 0.285 e. The molecule has 1 N–H and O–H groups in total. The molecule has 0 radical (unpaired) electrons. The number of carbonyl (C=O) groups excluding carboxylic acids is 1. The van der Waals surface area contributed by atoms with Crippen molar-refractivity contribution in [1.29, 1.82) is 0 Å². The van der Waals surface area contributed by atoms with Gasteiger partial charge >= 0.3 is 0 Å². The van der Waals surface area contributed by atoms with E-state index in [1.165, 1.54) is 6.92 Å². The van der Waals surface area contributed by atoms with Gasteiger partial charge in [-0.05, 0) is 36.5 Å². The van der Waals surface area contributed by atoms with Crippen molar-refractivity contribution in [2.45, 2.75) is 13.8 Å². The summed E-state index contributed by atoms with van der Waals surface area (Å²) in [6, 6.07) is 2.35. The molecule has 0 heterocycles. The molecule has 0 bridgehead atoms. The molecule has 0 aliphatic heterocycles. The lowest BCUT2D eigenvalue weighted by Gasteiger charge is -1.80. The van der Waals surface area contributed by atoms with Crippen molar-refractivity contribution in [3.05, 3.63) is 0 Å². The maximum Gasteiger partial charge on any atom is 0.228 e. The Hall–Kier alpha value is -3.17. The van der Waals surface area contributed by atoms with Crippen LogP contribution in [0.25, 0.3) is 0 Å². The first kappa shape index (κ1) is 13.8. The lowest BCUT2D eigenvalue weighted by molar-refractivity contribution is -0.117. The summed E-state index contributed by atoms with van der Waals surface area (Å²) in [5.74, 6) is 27.1. The van der Waals surface area contributed by atoms with Crippen molar-refractivity contribution in [3.8, 4) is 71.2 Å². The molecular formula is C15H7NO. The van der Waals surface area contributed by atoms with E-state index in [0.717, 1.165) is 0 Å². The van der Waals surface area contributed by atoms with Crippen molar-refractivity contribution < 1.29 is 4.79 Å². The van der Waals surface area contributed by atoms with E-state index in [4.69, 9.17) is 0 Å². The molecule has 78 valence electrons. The molecule has 0 spiro atoms. The summed E-state index contributed by atoms with van der Waals surface area (Å²) in [6.45, 7) is 3.06. The fraction of sp³-hybridized carbons (Fsp3) is 0.133. The molecule has 0 aromatic rings. The number of amides is 1. The lowest BCUT2D eigenvalue weighted by Crippen LogP contribution is -2.11. The summed E-state index contributed by atoms with van der Waals surface area (Å²) in [5.41, 5.74) is 0. The van der Waals surface area contributed by atoms with Crippen molar-refractivity contribution in [1.82, 2.24) is 5.32 Å². The molecule has 0 aliphatic carbocycles. The first-order valence-corrected chi connectivity index (χ1v) is 4.45. The van der Waals surface area contributed by atoms with Crippen LogP contribution in [0.5, 0.6) is 0 Å². The highest BCUT2D eigenvalue weighted by molar-refractivity contribution is 5.74. The Morgan fingerprint density at radius 1 is 0.765 bits per heavy atom. The van der Waals surface area contributed by atoms with Crippen LogP contribution >= 0.6 is 0 Å². The minimum atomic E-state index is -0.231. The van der Waals surface area contributed by atoms with E-state index >= 15 is 0 Å². The molecule has 17 heavy (non-hydrogen) atoms. The standard InChI is InChI=1S/C15H7NO/c1-3-4-5-6-7-8-9-10-11-12-13-14-16-15(2)17/h1-2H3,(H,16,17). The molecular weight excluding hydrogens is 210 g/mol. The monoisotopic (exact) mass is 217 g/mol. The average Bonchev–Trinajstić information content (AvgIpc) is 2.30. The predicted molar refractivity (Wildman–Crippen MR) is 66.1 cm³/mol. The molecule has 0 rings (SSSR count). The van der Waals surface area contributed by atoms with Crippen LogP contribution in [0.1, 0.15) is 13.8 Å². The summed E-state index contributed by atoms with van der Waals surface area (Å²) in [4.78, 5) is 10.4. The van der Waals surface area contributed by atoms with E-state index in [2.05, 4.69) is 76.5 Å². The van der Waals surface area contributed by atoms with E-state index in [1.54, 1.807) is 6.92 Å². The fourth-order valence-electron chi connectivity index (χ4n) is 0.463. The van der Waals surface area contributed by atoms with Gasteiger partial charge in [-0.15, -0.1) is 0 Å². The summed E-state index contributed by atoms with van der Waals surface area (Å²) < 4.78 is 0. The maximum atomic E-state index is 10.4. The first-order chi connectivity index (χ1) is 8.27. The number of nitrogens with one attached hydrogen (secondary N) is 1. The van der Waals surface area contributed by atoms with Crippen molar-refractivity contribution in [2.24, 2.45) is 0 Å². The van der Waals surface area contributed by atoms with Gasteiger partial charge in [-0.3, -0.25) is 10.1 Å². The molecule has 0 saturated carbocycles. The Morgan fingerprint density at radius 2 is 1.18 bits per heavy atom. The molecule has 0 fully saturated rings. The topological polar surface area (TPSA) is 29.1 Å². The summed E-state index contributed by atoms with van der Waals surface area (Å²) in [6.07, 6.45) is 0. The van der Waals surface area contributed by atoms with Gasteiger partial charge in [0.1, 0.15) is 0 Å². The third-order valence-corrected chi connectivity index (χ3v) is 0.989. The van der Waals surface area contributed by atoms with E-state index in [1.807, 2.05) is 0 Å². The van der Waals surface area contributed by atoms with Crippen molar-refractivity contribution >= 4 is 5.91 Å². The number of carbonyl (C=O) groups is 1. The van der Waals surface area contributed by atoms with E-state index in [0.29, 0.717) is 0 Å². The normalized spacial score (nSPS) is 4.82. The highest BCUT2D eigenvalue weighted by Crippen LogP contribution is 1.57. The summed E-state index contributed by atoms with van der Waals surface area (Å²) in [5, 5.41) is 2.27. The Labute approximate surface area is 102 Å². The Balaban J connectivity index is 4.17. The van der Waals surface area contributed by atoms with Crippen molar-refractivity contribution in [3.63, 3.8) is 0 Å². The van der Waals surface area contributed by atoms with Gasteiger partial charge in [0.15, 0.2) is 0 Å². The van der Waals surface area contributed by atoms with E-state index in [-0.39, 0.29) is 5.91 Å². The van der Waals surface area contributed by atoms with Crippen LogP contribution in [-0.4, -0.2) is 5.91 Å². The van der Waals surface area contributed by atoms with Gasteiger partial charge in [0.25, 0.3) is 0 Å². The third-order valence-electron chi connectivity index (χ3n) is 0.989. The van der Waals surface area contributed by atoms with Crippen LogP contribution in [0.4, 0.5) is 0 Å². The molecule has 0 saturated heterocycles. The molecule has 2 heteroatoms. The van der Waals surface area contributed by atoms with Crippen LogP contribution in [0.3, 0.4) is 0 Å². The fourth-order valence-corrected chi connectivity index (χ4v) is 0.463. The number of hydrogen-bond donors (Lipinski definition) is 1. The molecule has 1 amide bonds. The van der Waals surface area contributed by atoms with Crippen LogP contribution in [-0.2, 0) is 4.79 Å². The summed E-state index contributed by atoms with van der Waals surface area (Å²) in [7, 11) is 0. The zero-order chi connectivity index (χ0) is 12.8. The van der Waals surface area contributed by atoms with Gasteiger partial charge in [-0.2, -0.15) is 0 Å². The van der Waals surface area contributed by atoms with Gasteiger partial charge < -0.3 is 0 Å². The minimum absolute atomic E-state index is 0.231. The predicted octanol–water partition coefficient (Wildman–Crippen LogP) is 0.120. The van der Waals surface area contributed by atoms with Crippen molar-refractivity contribution in [2.75, 3.05) is 0 Å². The van der Waals surface area contributed by atoms with E-state index in [9.17, 15) is 4.79 Å². The molecule has 2 nitrogen and oxygen atoms in total. The van der Waals surface area contributed by atoms with Crippen LogP contribution in [0, 0.1) is 71.2 Å². The van der Waals surface area contributed by atoms with Gasteiger partial charge in [-0.1, -0.05) is 5.92 Å². The smallest absolute Gasteiger partial charge is 0.228 e. The molecule has 0 aliphatic rings. The quantitative estimate of drug-likeness (QED) is 0.453. The molecule has 0 aromatic heterocycles. The van der Waals surface area contributed by atoms with Gasteiger partial charge in [-0.25, -0.2) is 0 Å².